The fraction of sp³-hybridized carbons (Fsp3) is 0.727. The quantitative estimate of drug-likeness (QED) is 0.809. The monoisotopic (exact) mass is 266 g/mol. The highest BCUT2D eigenvalue weighted by Crippen LogP contribution is 2.27. The van der Waals surface area contributed by atoms with Crippen molar-refractivity contribution in [1.29, 1.82) is 0 Å². The van der Waals surface area contributed by atoms with Crippen molar-refractivity contribution in [2.45, 2.75) is 44.8 Å². The van der Waals surface area contributed by atoms with Crippen LogP contribution in [0.5, 0.6) is 0 Å². The molecule has 0 saturated carbocycles. The Hall–Kier alpha value is -0.620. The first-order valence-corrected chi connectivity index (χ1v) is 6.59. The fourth-order valence-electron chi connectivity index (χ4n) is 1.57. The maximum Gasteiger partial charge on any atom is 0.389 e. The van der Waals surface area contributed by atoms with E-state index < -0.39 is 12.6 Å². The van der Waals surface area contributed by atoms with Gasteiger partial charge in [0.2, 0.25) is 0 Å². The highest BCUT2D eigenvalue weighted by atomic mass is 32.1. The average molecular weight is 266 g/mol. The summed E-state index contributed by atoms with van der Waals surface area (Å²) in [5, 5.41) is 3.26. The van der Waals surface area contributed by atoms with Gasteiger partial charge < -0.3 is 5.32 Å². The topological polar surface area (TPSA) is 24.9 Å². The normalized spacial score (nSPS) is 13.9. The van der Waals surface area contributed by atoms with Gasteiger partial charge in [0, 0.05) is 23.5 Å². The number of nitrogens with zero attached hydrogens (tertiary/aromatic N) is 1. The van der Waals surface area contributed by atoms with Crippen LogP contribution in [0.1, 0.15) is 43.5 Å². The molecule has 98 valence electrons. The van der Waals surface area contributed by atoms with Crippen LogP contribution in [0.25, 0.3) is 0 Å². The van der Waals surface area contributed by atoms with E-state index in [0.29, 0.717) is 6.42 Å². The molecule has 0 aliphatic heterocycles. The zero-order valence-corrected chi connectivity index (χ0v) is 10.6. The lowest BCUT2D eigenvalue weighted by Gasteiger charge is -2.17. The first-order valence-electron chi connectivity index (χ1n) is 5.71. The number of thiazole rings is 1. The third-order valence-electron chi connectivity index (χ3n) is 2.39. The van der Waals surface area contributed by atoms with Gasteiger partial charge in [-0.25, -0.2) is 0 Å². The largest absolute Gasteiger partial charge is 0.389 e. The van der Waals surface area contributed by atoms with E-state index in [9.17, 15) is 13.2 Å². The first-order chi connectivity index (χ1) is 8.03. The van der Waals surface area contributed by atoms with E-state index in [1.807, 2.05) is 6.92 Å². The van der Waals surface area contributed by atoms with Crippen LogP contribution >= 0.6 is 11.3 Å². The van der Waals surface area contributed by atoms with Crippen molar-refractivity contribution in [1.82, 2.24) is 10.3 Å². The molecule has 1 unspecified atom stereocenters. The molecule has 2 nitrogen and oxygen atoms in total. The molecule has 0 aromatic carbocycles. The van der Waals surface area contributed by atoms with Crippen LogP contribution in [0, 0.1) is 0 Å². The van der Waals surface area contributed by atoms with Crippen LogP contribution in [0.15, 0.2) is 11.7 Å². The van der Waals surface area contributed by atoms with Gasteiger partial charge in [0.1, 0.15) is 0 Å². The van der Waals surface area contributed by atoms with E-state index in [2.05, 4.69) is 10.3 Å². The Morgan fingerprint density at radius 3 is 2.76 bits per heavy atom. The summed E-state index contributed by atoms with van der Waals surface area (Å²) in [5.74, 6) is 0. The number of halogens is 3. The van der Waals surface area contributed by atoms with Gasteiger partial charge in [-0.3, -0.25) is 4.98 Å². The second-order valence-electron chi connectivity index (χ2n) is 3.92. The number of rotatable bonds is 7. The van der Waals surface area contributed by atoms with Crippen molar-refractivity contribution in [2.75, 3.05) is 6.54 Å². The van der Waals surface area contributed by atoms with E-state index in [1.54, 1.807) is 11.7 Å². The molecule has 1 aromatic heterocycles. The molecule has 1 heterocycles. The van der Waals surface area contributed by atoms with Gasteiger partial charge in [-0.15, -0.1) is 11.3 Å². The standard InChI is InChI=1S/C11H17F3N2S/c1-2-6-16-9(10-7-15-8-17-10)4-3-5-11(12,13)14/h7-9,16H,2-6H2,1H3. The lowest BCUT2D eigenvalue weighted by atomic mass is 10.1. The summed E-state index contributed by atoms with van der Waals surface area (Å²) < 4.78 is 36.2. The molecule has 1 rings (SSSR count). The molecule has 0 saturated heterocycles. The molecule has 0 radical (unpaired) electrons. The molecule has 0 fully saturated rings. The highest BCUT2D eigenvalue weighted by molar-refractivity contribution is 7.09. The molecule has 1 N–H and O–H groups in total. The summed E-state index contributed by atoms with van der Waals surface area (Å²) in [6, 6.07) is 0.00444. The highest BCUT2D eigenvalue weighted by Gasteiger charge is 2.27. The number of nitrogens with one attached hydrogen (secondary N) is 1. The molecule has 6 heteroatoms. The Morgan fingerprint density at radius 2 is 2.24 bits per heavy atom. The van der Waals surface area contributed by atoms with Crippen LogP contribution in [-0.4, -0.2) is 17.7 Å². The summed E-state index contributed by atoms with van der Waals surface area (Å²) in [5.41, 5.74) is 1.71. The summed E-state index contributed by atoms with van der Waals surface area (Å²) in [4.78, 5) is 4.98. The minimum atomic E-state index is -4.05. The Balaban J connectivity index is 2.42. The van der Waals surface area contributed by atoms with Crippen molar-refractivity contribution in [3.05, 3.63) is 16.6 Å². The predicted octanol–water partition coefficient (Wildman–Crippen LogP) is 3.92. The fourth-order valence-corrected chi connectivity index (χ4v) is 2.30. The number of aromatic nitrogens is 1. The molecule has 0 aliphatic carbocycles. The molecule has 1 aromatic rings. The third kappa shape index (κ3) is 6.02. The second-order valence-corrected chi connectivity index (χ2v) is 4.84. The van der Waals surface area contributed by atoms with E-state index >= 15 is 0 Å². The third-order valence-corrected chi connectivity index (χ3v) is 3.28. The van der Waals surface area contributed by atoms with Gasteiger partial charge in [0.15, 0.2) is 0 Å². The van der Waals surface area contributed by atoms with Crippen molar-refractivity contribution in [2.24, 2.45) is 0 Å². The van der Waals surface area contributed by atoms with Crippen LogP contribution in [0.4, 0.5) is 13.2 Å². The second kappa shape index (κ2) is 6.96. The van der Waals surface area contributed by atoms with Gasteiger partial charge in [-0.1, -0.05) is 6.92 Å². The number of hydrogen-bond acceptors (Lipinski definition) is 3. The molecule has 0 bridgehead atoms. The zero-order chi connectivity index (χ0) is 12.7. The van der Waals surface area contributed by atoms with Gasteiger partial charge in [0.25, 0.3) is 0 Å². The summed E-state index contributed by atoms with van der Waals surface area (Å²) in [6.07, 6.45) is -1.41. The molecule has 0 amide bonds. The lowest BCUT2D eigenvalue weighted by molar-refractivity contribution is -0.135. The van der Waals surface area contributed by atoms with Crippen molar-refractivity contribution < 1.29 is 13.2 Å². The van der Waals surface area contributed by atoms with Crippen LogP contribution in [0.3, 0.4) is 0 Å². The minimum absolute atomic E-state index is 0.00444. The summed E-state index contributed by atoms with van der Waals surface area (Å²) in [6.45, 7) is 2.85. The summed E-state index contributed by atoms with van der Waals surface area (Å²) in [7, 11) is 0. The van der Waals surface area contributed by atoms with Crippen molar-refractivity contribution >= 4 is 11.3 Å². The van der Waals surface area contributed by atoms with Crippen molar-refractivity contribution in [3.8, 4) is 0 Å². The molecule has 1 atom stereocenters. The Morgan fingerprint density at radius 1 is 1.47 bits per heavy atom. The van der Waals surface area contributed by atoms with Gasteiger partial charge in [-0.2, -0.15) is 13.2 Å². The lowest BCUT2D eigenvalue weighted by Crippen LogP contribution is -2.22. The molecular formula is C11H17F3N2S. The average Bonchev–Trinajstić information content (AvgIpc) is 2.74. The molecule has 17 heavy (non-hydrogen) atoms. The molecule has 0 spiro atoms. The van der Waals surface area contributed by atoms with Crippen molar-refractivity contribution in [3.63, 3.8) is 0 Å². The molecular weight excluding hydrogens is 249 g/mol. The zero-order valence-electron chi connectivity index (χ0n) is 9.76. The SMILES string of the molecule is CCCNC(CCCC(F)(F)F)c1cncs1. The summed E-state index contributed by atoms with van der Waals surface area (Å²) >= 11 is 1.48. The van der Waals surface area contributed by atoms with Gasteiger partial charge in [0.05, 0.1) is 5.51 Å². The number of hydrogen-bond donors (Lipinski definition) is 1. The van der Waals surface area contributed by atoms with E-state index in [1.165, 1.54) is 11.3 Å². The first kappa shape index (κ1) is 14.4. The minimum Gasteiger partial charge on any atom is -0.309 e. The van der Waals surface area contributed by atoms with E-state index in [0.717, 1.165) is 17.8 Å². The maximum atomic E-state index is 12.1. The number of alkyl halides is 3. The van der Waals surface area contributed by atoms with Crippen LogP contribution in [-0.2, 0) is 0 Å². The van der Waals surface area contributed by atoms with E-state index in [4.69, 9.17) is 0 Å². The van der Waals surface area contributed by atoms with E-state index in [-0.39, 0.29) is 12.5 Å². The Bertz CT molecular complexity index is 298. The molecule has 0 aliphatic rings. The van der Waals surface area contributed by atoms with Gasteiger partial charge in [-0.05, 0) is 25.8 Å². The maximum absolute atomic E-state index is 12.1. The Labute approximate surface area is 103 Å². The predicted molar refractivity (Wildman–Crippen MR) is 63.1 cm³/mol. The van der Waals surface area contributed by atoms with Crippen LogP contribution < -0.4 is 5.32 Å². The van der Waals surface area contributed by atoms with Gasteiger partial charge >= 0.3 is 6.18 Å². The van der Waals surface area contributed by atoms with Crippen LogP contribution in [0.2, 0.25) is 0 Å². The Kier molecular flexibility index (Phi) is 5.91. The smallest absolute Gasteiger partial charge is 0.309 e.